The van der Waals surface area contributed by atoms with E-state index in [1.54, 1.807) is 18.2 Å². The normalized spacial score (nSPS) is 19.4. The summed E-state index contributed by atoms with van der Waals surface area (Å²) in [6.45, 7) is -0.687. The summed E-state index contributed by atoms with van der Waals surface area (Å²) in [6.07, 6.45) is 0. The van der Waals surface area contributed by atoms with E-state index in [9.17, 15) is 8.42 Å². The van der Waals surface area contributed by atoms with Crippen molar-refractivity contribution in [2.24, 2.45) is 4.99 Å². The Balaban J connectivity index is 2.48. The van der Waals surface area contributed by atoms with E-state index in [2.05, 4.69) is 9.71 Å². The van der Waals surface area contributed by atoms with Gasteiger partial charge in [0.25, 0.3) is 10.0 Å². The number of hydrogen-bond acceptors (Lipinski definition) is 5. The molecule has 0 aliphatic carbocycles. The molecule has 1 aromatic carbocycles. The number of nitrogens with zero attached hydrogens (tertiary/aromatic N) is 1. The van der Waals surface area contributed by atoms with Crippen LogP contribution in [0.25, 0.3) is 0 Å². The first kappa shape index (κ1) is 12.0. The predicted octanol–water partition coefficient (Wildman–Crippen LogP) is -0.922. The lowest BCUT2D eigenvalue weighted by Gasteiger charge is -2.06. The van der Waals surface area contributed by atoms with Crippen molar-refractivity contribution < 1.29 is 18.6 Å². The van der Waals surface area contributed by atoms with Crippen molar-refractivity contribution in [2.75, 3.05) is 13.2 Å². The standard InChI is InChI=1S/C10H12N2O4S/c13-5-7(6-14)11-10-8-3-1-2-4-9(8)17(15,16)12-10/h1-4,7,13-14H,5-6H2,(H,11,12). The van der Waals surface area contributed by atoms with Gasteiger partial charge in [-0.1, -0.05) is 12.1 Å². The van der Waals surface area contributed by atoms with Crippen LogP contribution in [-0.2, 0) is 10.0 Å². The van der Waals surface area contributed by atoms with Crippen LogP contribution in [0.2, 0.25) is 0 Å². The van der Waals surface area contributed by atoms with E-state index in [1.165, 1.54) is 6.07 Å². The topological polar surface area (TPSA) is 99.0 Å². The highest BCUT2D eigenvalue weighted by molar-refractivity contribution is 7.90. The molecule has 0 saturated carbocycles. The van der Waals surface area contributed by atoms with E-state index < -0.39 is 16.1 Å². The highest BCUT2D eigenvalue weighted by Crippen LogP contribution is 2.22. The van der Waals surface area contributed by atoms with E-state index in [0.717, 1.165) is 0 Å². The first-order chi connectivity index (χ1) is 8.08. The van der Waals surface area contributed by atoms with Crippen LogP contribution in [0.4, 0.5) is 0 Å². The van der Waals surface area contributed by atoms with Gasteiger partial charge in [-0.2, -0.15) is 0 Å². The van der Waals surface area contributed by atoms with Gasteiger partial charge in [0.05, 0.1) is 24.2 Å². The molecule has 0 amide bonds. The summed E-state index contributed by atoms with van der Waals surface area (Å²) in [7, 11) is -3.56. The molecular formula is C10H12N2O4S. The van der Waals surface area contributed by atoms with Gasteiger partial charge < -0.3 is 10.2 Å². The first-order valence-electron chi connectivity index (χ1n) is 5.00. The minimum Gasteiger partial charge on any atom is -0.394 e. The maximum absolute atomic E-state index is 11.7. The molecule has 0 saturated heterocycles. The smallest absolute Gasteiger partial charge is 0.263 e. The van der Waals surface area contributed by atoms with Crippen LogP contribution >= 0.6 is 0 Å². The van der Waals surface area contributed by atoms with E-state index in [0.29, 0.717) is 5.56 Å². The molecule has 0 unspecified atom stereocenters. The van der Waals surface area contributed by atoms with Gasteiger partial charge >= 0.3 is 0 Å². The molecule has 0 atom stereocenters. The van der Waals surface area contributed by atoms with Crippen molar-refractivity contribution >= 4 is 15.9 Å². The SMILES string of the molecule is O=S1(=O)NC(=NC(CO)CO)c2ccccc21. The van der Waals surface area contributed by atoms with Crippen LogP contribution in [0.5, 0.6) is 0 Å². The Morgan fingerprint density at radius 2 is 1.88 bits per heavy atom. The van der Waals surface area contributed by atoms with Gasteiger partial charge in [0.1, 0.15) is 5.84 Å². The fourth-order valence-electron chi connectivity index (χ4n) is 1.55. The quantitative estimate of drug-likeness (QED) is 0.651. The number of hydrogen-bond donors (Lipinski definition) is 3. The molecule has 0 fully saturated rings. The Bertz CT molecular complexity index is 549. The van der Waals surface area contributed by atoms with Crippen molar-refractivity contribution in [1.82, 2.24) is 4.72 Å². The van der Waals surface area contributed by atoms with Crippen molar-refractivity contribution in [3.8, 4) is 0 Å². The molecule has 6 nitrogen and oxygen atoms in total. The number of rotatable bonds is 3. The third kappa shape index (κ3) is 2.17. The zero-order valence-corrected chi connectivity index (χ0v) is 9.68. The molecule has 1 aromatic rings. The van der Waals surface area contributed by atoms with Crippen LogP contribution in [0.1, 0.15) is 5.56 Å². The molecule has 7 heteroatoms. The summed E-state index contributed by atoms with van der Waals surface area (Å²) in [5.74, 6) is 0.161. The van der Waals surface area contributed by atoms with Crippen molar-refractivity contribution in [3.63, 3.8) is 0 Å². The maximum Gasteiger partial charge on any atom is 0.263 e. The van der Waals surface area contributed by atoms with Crippen LogP contribution in [-0.4, -0.2) is 43.7 Å². The zero-order chi connectivity index (χ0) is 12.5. The number of nitrogens with one attached hydrogen (secondary N) is 1. The number of aliphatic hydroxyl groups excluding tert-OH is 2. The van der Waals surface area contributed by atoms with Crippen molar-refractivity contribution in [3.05, 3.63) is 29.8 Å². The zero-order valence-electron chi connectivity index (χ0n) is 8.87. The molecule has 1 aliphatic heterocycles. The van der Waals surface area contributed by atoms with E-state index in [1.807, 2.05) is 0 Å². The van der Waals surface area contributed by atoms with Crippen LogP contribution in [0.3, 0.4) is 0 Å². The lowest BCUT2D eigenvalue weighted by atomic mass is 10.2. The van der Waals surface area contributed by atoms with E-state index in [4.69, 9.17) is 10.2 Å². The molecule has 0 radical (unpaired) electrons. The molecule has 0 aromatic heterocycles. The Hall–Kier alpha value is -1.44. The summed E-state index contributed by atoms with van der Waals surface area (Å²) in [4.78, 5) is 4.14. The van der Waals surface area contributed by atoms with Gasteiger partial charge in [-0.15, -0.1) is 0 Å². The van der Waals surface area contributed by atoms with Crippen molar-refractivity contribution in [2.45, 2.75) is 10.9 Å². The number of aliphatic hydroxyl groups is 2. The summed E-state index contributed by atoms with van der Waals surface area (Å²) >= 11 is 0. The largest absolute Gasteiger partial charge is 0.394 e. The Labute approximate surface area is 98.7 Å². The monoisotopic (exact) mass is 256 g/mol. The summed E-state index contributed by atoms with van der Waals surface area (Å²) in [6, 6.07) is 5.70. The average Bonchev–Trinajstić information content (AvgIpc) is 2.59. The molecule has 1 aliphatic rings. The average molecular weight is 256 g/mol. The third-order valence-electron chi connectivity index (χ3n) is 2.40. The Kier molecular flexibility index (Phi) is 3.14. The van der Waals surface area contributed by atoms with E-state index in [-0.39, 0.29) is 23.9 Å². The molecule has 3 N–H and O–H groups in total. The number of amidine groups is 1. The lowest BCUT2D eigenvalue weighted by Crippen LogP contribution is -2.26. The molecule has 2 rings (SSSR count). The lowest BCUT2D eigenvalue weighted by molar-refractivity contribution is 0.195. The number of aliphatic imine (C=N–C) groups is 1. The van der Waals surface area contributed by atoms with Gasteiger partial charge in [-0.25, -0.2) is 8.42 Å². The Morgan fingerprint density at radius 3 is 2.53 bits per heavy atom. The maximum atomic E-state index is 11.7. The molecular weight excluding hydrogens is 244 g/mol. The minimum absolute atomic E-state index is 0.161. The summed E-state index contributed by atoms with van der Waals surface area (Å²) in [5.41, 5.74) is 0.458. The number of sulfonamides is 1. The van der Waals surface area contributed by atoms with Crippen LogP contribution in [0, 0.1) is 0 Å². The minimum atomic E-state index is -3.56. The summed E-state index contributed by atoms with van der Waals surface area (Å²) < 4.78 is 25.7. The van der Waals surface area contributed by atoms with Crippen LogP contribution in [0.15, 0.2) is 34.2 Å². The predicted molar refractivity (Wildman–Crippen MR) is 61.3 cm³/mol. The van der Waals surface area contributed by atoms with Gasteiger partial charge in [-0.05, 0) is 12.1 Å². The highest BCUT2D eigenvalue weighted by Gasteiger charge is 2.30. The number of fused-ring (bicyclic) bond motifs is 1. The molecule has 0 bridgehead atoms. The first-order valence-corrected chi connectivity index (χ1v) is 6.48. The number of benzene rings is 1. The second kappa shape index (κ2) is 4.44. The van der Waals surface area contributed by atoms with E-state index >= 15 is 0 Å². The molecule has 92 valence electrons. The van der Waals surface area contributed by atoms with Gasteiger partial charge in [0.2, 0.25) is 0 Å². The molecule has 0 spiro atoms. The van der Waals surface area contributed by atoms with Gasteiger partial charge in [-0.3, -0.25) is 9.71 Å². The second-order valence-corrected chi connectivity index (χ2v) is 5.25. The Morgan fingerprint density at radius 1 is 1.24 bits per heavy atom. The fourth-order valence-corrected chi connectivity index (χ4v) is 2.79. The van der Waals surface area contributed by atoms with Crippen LogP contribution < -0.4 is 4.72 Å². The molecule has 1 heterocycles. The molecule has 17 heavy (non-hydrogen) atoms. The highest BCUT2D eigenvalue weighted by atomic mass is 32.2. The summed E-state index contributed by atoms with van der Waals surface area (Å²) in [5, 5.41) is 17.8. The van der Waals surface area contributed by atoms with Crippen molar-refractivity contribution in [1.29, 1.82) is 0 Å². The fraction of sp³-hybridized carbons (Fsp3) is 0.300. The van der Waals surface area contributed by atoms with Gasteiger partial charge in [0.15, 0.2) is 0 Å². The van der Waals surface area contributed by atoms with Gasteiger partial charge in [0, 0.05) is 5.56 Å². The third-order valence-corrected chi connectivity index (χ3v) is 3.79. The second-order valence-electron chi connectivity index (χ2n) is 3.60.